The summed E-state index contributed by atoms with van der Waals surface area (Å²) in [7, 11) is 1.57. The molecule has 1 fully saturated rings. The molecule has 0 aliphatic carbocycles. The first kappa shape index (κ1) is 22.4. The Balaban J connectivity index is 1.51. The highest BCUT2D eigenvalue weighted by molar-refractivity contribution is 6.00. The zero-order valence-electron chi connectivity index (χ0n) is 19.2. The van der Waals surface area contributed by atoms with Gasteiger partial charge in [0, 0.05) is 41.8 Å². The third-order valence-corrected chi connectivity index (χ3v) is 5.66. The highest BCUT2D eigenvalue weighted by Crippen LogP contribution is 2.32. The van der Waals surface area contributed by atoms with E-state index in [0.29, 0.717) is 28.7 Å². The molecule has 0 atom stereocenters. The molecule has 1 aliphatic rings. The molecule has 10 nitrogen and oxygen atoms in total. The summed E-state index contributed by atoms with van der Waals surface area (Å²) in [5.74, 6) is 0.670. The van der Waals surface area contributed by atoms with Crippen LogP contribution in [0.1, 0.15) is 0 Å². The number of fused-ring (bicyclic) bond motifs is 1. The molecule has 5 rings (SSSR count). The van der Waals surface area contributed by atoms with Crippen LogP contribution in [0.3, 0.4) is 0 Å². The fraction of sp³-hybridized carbons (Fsp3) is 0.200. The largest absolute Gasteiger partial charge is 0.497 e. The minimum atomic E-state index is -0.317. The Morgan fingerprint density at radius 3 is 2.83 bits per heavy atom. The number of aromatic nitrogens is 4. The second-order valence-corrected chi connectivity index (χ2v) is 7.95. The predicted octanol–water partition coefficient (Wildman–Crippen LogP) is 3.73. The van der Waals surface area contributed by atoms with Crippen molar-refractivity contribution in [3.8, 4) is 17.0 Å². The van der Waals surface area contributed by atoms with Crippen LogP contribution in [0.4, 0.5) is 23.0 Å². The Morgan fingerprint density at radius 2 is 2.03 bits per heavy atom. The van der Waals surface area contributed by atoms with Crippen molar-refractivity contribution in [2.24, 2.45) is 0 Å². The first-order valence-electron chi connectivity index (χ1n) is 11.2. The molecule has 2 aromatic carbocycles. The second kappa shape index (κ2) is 9.82. The SMILES string of the molecule is C=CC(=O)Nc1cc(OC)cc(-c2nc(Nc3cccc(N4CCOCC4)c3)nc3[nH]ncc23)c1. The Labute approximate surface area is 202 Å². The molecular formula is C25H25N7O3. The number of morpholine rings is 1. The van der Waals surface area contributed by atoms with Gasteiger partial charge in [0.05, 0.1) is 37.6 Å². The molecule has 4 aromatic rings. The maximum absolute atomic E-state index is 11.9. The van der Waals surface area contributed by atoms with E-state index in [-0.39, 0.29) is 5.91 Å². The van der Waals surface area contributed by atoms with E-state index in [1.54, 1.807) is 19.4 Å². The molecule has 1 aliphatic heterocycles. The molecule has 0 spiro atoms. The Morgan fingerprint density at radius 1 is 1.17 bits per heavy atom. The molecule has 3 heterocycles. The second-order valence-electron chi connectivity index (χ2n) is 7.95. The number of anilines is 4. The van der Waals surface area contributed by atoms with Crippen LogP contribution >= 0.6 is 0 Å². The highest BCUT2D eigenvalue weighted by Gasteiger charge is 2.16. The lowest BCUT2D eigenvalue weighted by molar-refractivity contribution is -0.111. The Hall–Kier alpha value is -4.44. The number of hydrogen-bond donors (Lipinski definition) is 3. The quantitative estimate of drug-likeness (QED) is 0.349. The normalized spacial score (nSPS) is 13.5. The van der Waals surface area contributed by atoms with Crippen molar-refractivity contribution in [1.29, 1.82) is 0 Å². The fourth-order valence-corrected chi connectivity index (χ4v) is 3.96. The fourth-order valence-electron chi connectivity index (χ4n) is 3.96. The van der Waals surface area contributed by atoms with Crippen molar-refractivity contribution >= 4 is 40.0 Å². The molecule has 0 radical (unpaired) electrons. The summed E-state index contributed by atoms with van der Waals surface area (Å²) in [6, 6.07) is 13.5. The van der Waals surface area contributed by atoms with Gasteiger partial charge < -0.3 is 25.0 Å². The number of carbonyl (C=O) groups excluding carboxylic acids is 1. The smallest absolute Gasteiger partial charge is 0.247 e. The number of nitrogens with one attached hydrogen (secondary N) is 3. The van der Waals surface area contributed by atoms with E-state index in [2.05, 4.69) is 49.4 Å². The molecule has 0 unspecified atom stereocenters. The molecule has 1 amide bonds. The van der Waals surface area contributed by atoms with Gasteiger partial charge in [0.15, 0.2) is 5.65 Å². The van der Waals surface area contributed by atoms with E-state index < -0.39 is 0 Å². The average Bonchev–Trinajstić information content (AvgIpc) is 3.37. The van der Waals surface area contributed by atoms with E-state index >= 15 is 0 Å². The summed E-state index contributed by atoms with van der Waals surface area (Å²) in [5, 5.41) is 13.9. The van der Waals surface area contributed by atoms with E-state index in [9.17, 15) is 4.79 Å². The number of methoxy groups -OCH3 is 1. The average molecular weight is 472 g/mol. The van der Waals surface area contributed by atoms with Crippen LogP contribution in [0, 0.1) is 0 Å². The summed E-state index contributed by atoms with van der Waals surface area (Å²) in [4.78, 5) is 23.5. The lowest BCUT2D eigenvalue weighted by atomic mass is 10.1. The van der Waals surface area contributed by atoms with E-state index in [0.717, 1.165) is 48.6 Å². The number of ether oxygens (including phenoxy) is 2. The van der Waals surface area contributed by atoms with E-state index in [1.807, 2.05) is 24.3 Å². The minimum Gasteiger partial charge on any atom is -0.497 e. The van der Waals surface area contributed by atoms with Crippen LogP contribution in [-0.4, -0.2) is 59.5 Å². The van der Waals surface area contributed by atoms with Crippen LogP contribution < -0.4 is 20.3 Å². The van der Waals surface area contributed by atoms with Gasteiger partial charge in [-0.3, -0.25) is 9.89 Å². The van der Waals surface area contributed by atoms with Crippen LogP contribution in [0.5, 0.6) is 5.75 Å². The standard InChI is InChI=1S/C25H25N7O3/c1-3-22(33)27-18-11-16(12-20(14-18)34-2)23-21-15-26-31-24(21)30-25(29-23)28-17-5-4-6-19(13-17)32-7-9-35-10-8-32/h3-6,11-15H,1,7-10H2,2H3,(H,27,33)(H2,26,28,29,30,31). The van der Waals surface area contributed by atoms with Gasteiger partial charge >= 0.3 is 0 Å². The van der Waals surface area contributed by atoms with Gasteiger partial charge in [0.2, 0.25) is 11.9 Å². The van der Waals surface area contributed by atoms with Crippen molar-refractivity contribution in [2.75, 3.05) is 48.9 Å². The third-order valence-electron chi connectivity index (χ3n) is 5.66. The lowest BCUT2D eigenvalue weighted by Gasteiger charge is -2.29. The van der Waals surface area contributed by atoms with E-state index in [1.165, 1.54) is 6.08 Å². The summed E-state index contributed by atoms with van der Waals surface area (Å²) < 4.78 is 10.9. The number of benzene rings is 2. The van der Waals surface area contributed by atoms with Gasteiger partial charge in [0.1, 0.15) is 5.75 Å². The number of amides is 1. The lowest BCUT2D eigenvalue weighted by Crippen LogP contribution is -2.36. The number of nitrogens with zero attached hydrogens (tertiary/aromatic N) is 4. The molecular weight excluding hydrogens is 446 g/mol. The Bertz CT molecular complexity index is 1380. The molecule has 0 saturated carbocycles. The van der Waals surface area contributed by atoms with Crippen LogP contribution in [0.25, 0.3) is 22.3 Å². The molecule has 1 saturated heterocycles. The van der Waals surface area contributed by atoms with Gasteiger partial charge in [-0.15, -0.1) is 0 Å². The zero-order chi connectivity index (χ0) is 24.2. The summed E-state index contributed by atoms with van der Waals surface area (Å²) in [5.41, 5.74) is 4.50. The van der Waals surface area contributed by atoms with Gasteiger partial charge in [-0.05, 0) is 36.4 Å². The molecule has 3 N–H and O–H groups in total. The first-order valence-corrected chi connectivity index (χ1v) is 11.2. The van der Waals surface area contributed by atoms with Crippen molar-refractivity contribution in [3.63, 3.8) is 0 Å². The monoisotopic (exact) mass is 471 g/mol. The predicted molar refractivity (Wildman–Crippen MR) is 135 cm³/mol. The number of carbonyl (C=O) groups is 1. The summed E-state index contributed by atoms with van der Waals surface area (Å²) in [6.45, 7) is 6.65. The van der Waals surface area contributed by atoms with Gasteiger partial charge in [0.25, 0.3) is 0 Å². The summed E-state index contributed by atoms with van der Waals surface area (Å²) >= 11 is 0. The van der Waals surface area contributed by atoms with Crippen molar-refractivity contribution < 1.29 is 14.3 Å². The Kier molecular flexibility index (Phi) is 6.27. The number of aromatic amines is 1. The maximum Gasteiger partial charge on any atom is 0.247 e. The van der Waals surface area contributed by atoms with Crippen LogP contribution in [-0.2, 0) is 9.53 Å². The maximum atomic E-state index is 11.9. The number of H-pyrrole nitrogens is 1. The van der Waals surface area contributed by atoms with Gasteiger partial charge in [-0.2, -0.15) is 10.1 Å². The van der Waals surface area contributed by atoms with Crippen molar-refractivity contribution in [3.05, 3.63) is 61.3 Å². The van der Waals surface area contributed by atoms with Crippen LogP contribution in [0.2, 0.25) is 0 Å². The topological polar surface area (TPSA) is 117 Å². The minimum absolute atomic E-state index is 0.317. The van der Waals surface area contributed by atoms with E-state index in [4.69, 9.17) is 14.5 Å². The molecule has 178 valence electrons. The number of hydrogen-bond acceptors (Lipinski definition) is 8. The zero-order valence-corrected chi connectivity index (χ0v) is 19.2. The highest BCUT2D eigenvalue weighted by atomic mass is 16.5. The molecule has 35 heavy (non-hydrogen) atoms. The summed E-state index contributed by atoms with van der Waals surface area (Å²) in [6.07, 6.45) is 2.89. The van der Waals surface area contributed by atoms with Gasteiger partial charge in [-0.25, -0.2) is 4.98 Å². The van der Waals surface area contributed by atoms with Crippen molar-refractivity contribution in [2.45, 2.75) is 0 Å². The molecule has 2 aromatic heterocycles. The van der Waals surface area contributed by atoms with Gasteiger partial charge in [-0.1, -0.05) is 12.6 Å². The third kappa shape index (κ3) is 4.92. The number of rotatable bonds is 7. The van der Waals surface area contributed by atoms with Crippen LogP contribution in [0.15, 0.2) is 61.3 Å². The first-order chi connectivity index (χ1) is 17.1. The van der Waals surface area contributed by atoms with Crippen molar-refractivity contribution in [1.82, 2.24) is 20.2 Å². The molecule has 0 bridgehead atoms. The molecule has 10 heteroatoms.